The minimum absolute atomic E-state index is 0.00357. The third kappa shape index (κ3) is 5.17. The van der Waals surface area contributed by atoms with E-state index in [1.165, 1.54) is 0 Å². The molecule has 1 heterocycles. The molecule has 6 nitrogen and oxygen atoms in total. The molecule has 2 rings (SSSR count). The fraction of sp³-hybridized carbons (Fsp3) is 0.278. The predicted octanol–water partition coefficient (Wildman–Crippen LogP) is 1.81. The van der Waals surface area contributed by atoms with Crippen molar-refractivity contribution in [3.8, 4) is 0 Å². The van der Waals surface area contributed by atoms with E-state index >= 15 is 0 Å². The van der Waals surface area contributed by atoms with Crippen molar-refractivity contribution in [2.24, 2.45) is 5.92 Å². The molecule has 6 heteroatoms. The van der Waals surface area contributed by atoms with Gasteiger partial charge in [-0.1, -0.05) is 19.1 Å². The van der Waals surface area contributed by atoms with E-state index < -0.39 is 0 Å². The average molecular weight is 326 g/mol. The van der Waals surface area contributed by atoms with E-state index in [1.807, 2.05) is 26.1 Å². The molecule has 1 atom stereocenters. The molecular weight excluding hydrogens is 304 g/mol. The smallest absolute Gasteiger partial charge is 0.255 e. The van der Waals surface area contributed by atoms with Crippen molar-refractivity contribution in [2.75, 3.05) is 18.9 Å². The van der Waals surface area contributed by atoms with Crippen LogP contribution in [-0.4, -0.2) is 30.4 Å². The molecule has 0 radical (unpaired) electrons. The van der Waals surface area contributed by atoms with E-state index in [0.29, 0.717) is 24.3 Å². The van der Waals surface area contributed by atoms with Crippen molar-refractivity contribution in [1.82, 2.24) is 15.6 Å². The van der Waals surface area contributed by atoms with E-state index in [2.05, 4.69) is 20.9 Å². The van der Waals surface area contributed by atoms with Gasteiger partial charge in [-0.2, -0.15) is 0 Å². The molecule has 0 aliphatic heterocycles. The van der Waals surface area contributed by atoms with Crippen LogP contribution in [0.1, 0.15) is 22.8 Å². The molecule has 0 saturated carbocycles. The summed E-state index contributed by atoms with van der Waals surface area (Å²) in [5, 5.41) is 8.66. The lowest BCUT2D eigenvalue weighted by molar-refractivity contribution is -0.124. The van der Waals surface area contributed by atoms with Gasteiger partial charge in [0.2, 0.25) is 5.91 Å². The Labute approximate surface area is 141 Å². The number of nitrogens with zero attached hydrogens (tertiary/aromatic N) is 1. The minimum atomic E-state index is -0.181. The quantitative estimate of drug-likeness (QED) is 0.724. The number of hydrogen-bond donors (Lipinski definition) is 3. The van der Waals surface area contributed by atoms with Crippen LogP contribution >= 0.6 is 0 Å². The number of hydrogen-bond acceptors (Lipinski definition) is 4. The average Bonchev–Trinajstić information content (AvgIpc) is 2.61. The zero-order chi connectivity index (χ0) is 17.4. The molecule has 0 spiro atoms. The number of anilines is 1. The molecule has 0 fully saturated rings. The van der Waals surface area contributed by atoms with Gasteiger partial charge >= 0.3 is 0 Å². The van der Waals surface area contributed by atoms with Crippen LogP contribution in [0.4, 0.5) is 5.69 Å². The third-order valence-electron chi connectivity index (χ3n) is 3.58. The molecule has 0 bridgehead atoms. The first-order valence-electron chi connectivity index (χ1n) is 7.82. The van der Waals surface area contributed by atoms with Crippen molar-refractivity contribution in [1.29, 1.82) is 0 Å². The van der Waals surface area contributed by atoms with Crippen LogP contribution in [0, 0.1) is 5.92 Å². The topological polar surface area (TPSA) is 83.1 Å². The van der Waals surface area contributed by atoms with Crippen LogP contribution in [0.5, 0.6) is 0 Å². The van der Waals surface area contributed by atoms with Gasteiger partial charge < -0.3 is 16.0 Å². The normalized spacial score (nSPS) is 11.6. The molecule has 1 aromatic carbocycles. The van der Waals surface area contributed by atoms with Gasteiger partial charge in [0.1, 0.15) is 0 Å². The Balaban J connectivity index is 1.88. The Bertz CT molecular complexity index is 671. The Kier molecular flexibility index (Phi) is 6.45. The second kappa shape index (κ2) is 8.79. The summed E-state index contributed by atoms with van der Waals surface area (Å²) in [6.07, 6.45) is 3.24. The number of carbonyl (C=O) groups excluding carboxylic acids is 2. The van der Waals surface area contributed by atoms with Crippen molar-refractivity contribution in [2.45, 2.75) is 13.5 Å². The summed E-state index contributed by atoms with van der Waals surface area (Å²) in [5.41, 5.74) is 2.20. The van der Waals surface area contributed by atoms with Crippen LogP contribution in [0.15, 0.2) is 48.8 Å². The van der Waals surface area contributed by atoms with E-state index in [0.717, 1.165) is 5.56 Å². The SMILES string of the molecule is CNCC(C)C(=O)NCc1ccc(C(=O)Nc2ccncc2)cc1. The predicted molar refractivity (Wildman–Crippen MR) is 93.6 cm³/mol. The van der Waals surface area contributed by atoms with Crippen molar-refractivity contribution in [3.63, 3.8) is 0 Å². The zero-order valence-corrected chi connectivity index (χ0v) is 13.9. The molecule has 24 heavy (non-hydrogen) atoms. The molecule has 2 amide bonds. The summed E-state index contributed by atoms with van der Waals surface area (Å²) in [6, 6.07) is 10.6. The molecule has 0 aliphatic carbocycles. The molecule has 0 aliphatic rings. The lowest BCUT2D eigenvalue weighted by Gasteiger charge is -2.12. The molecule has 1 unspecified atom stereocenters. The standard InChI is InChI=1S/C18H22N4O2/c1-13(11-19-2)17(23)21-12-14-3-5-15(6-4-14)18(24)22-16-7-9-20-10-8-16/h3-10,13,19H,11-12H2,1-2H3,(H,21,23)(H,20,22,24). The van der Waals surface area contributed by atoms with E-state index in [4.69, 9.17) is 0 Å². The van der Waals surface area contributed by atoms with Gasteiger partial charge in [0.25, 0.3) is 5.91 Å². The lowest BCUT2D eigenvalue weighted by atomic mass is 10.1. The molecule has 2 aromatic rings. The molecular formula is C18H22N4O2. The first kappa shape index (κ1) is 17.6. The van der Waals surface area contributed by atoms with Gasteiger partial charge in [0.15, 0.2) is 0 Å². The first-order valence-corrected chi connectivity index (χ1v) is 7.82. The number of benzene rings is 1. The zero-order valence-electron chi connectivity index (χ0n) is 13.9. The van der Waals surface area contributed by atoms with Gasteiger partial charge in [-0.05, 0) is 36.9 Å². The second-order valence-corrected chi connectivity index (χ2v) is 5.56. The number of rotatable bonds is 7. The summed E-state index contributed by atoms with van der Waals surface area (Å²) >= 11 is 0. The summed E-state index contributed by atoms with van der Waals surface area (Å²) in [6.45, 7) is 2.96. The number of carbonyl (C=O) groups is 2. The van der Waals surface area contributed by atoms with Gasteiger partial charge in [-0.15, -0.1) is 0 Å². The maximum absolute atomic E-state index is 12.1. The number of amides is 2. The van der Waals surface area contributed by atoms with Crippen LogP contribution in [0.25, 0.3) is 0 Å². The Morgan fingerprint density at radius 1 is 1.08 bits per heavy atom. The first-order chi connectivity index (χ1) is 11.6. The molecule has 126 valence electrons. The minimum Gasteiger partial charge on any atom is -0.352 e. The third-order valence-corrected chi connectivity index (χ3v) is 3.58. The fourth-order valence-electron chi connectivity index (χ4n) is 2.17. The highest BCUT2D eigenvalue weighted by Gasteiger charge is 2.11. The Morgan fingerprint density at radius 2 is 1.75 bits per heavy atom. The second-order valence-electron chi connectivity index (χ2n) is 5.56. The fourth-order valence-corrected chi connectivity index (χ4v) is 2.17. The van der Waals surface area contributed by atoms with Gasteiger partial charge in [-0.3, -0.25) is 14.6 Å². The largest absolute Gasteiger partial charge is 0.352 e. The molecule has 0 saturated heterocycles. The van der Waals surface area contributed by atoms with Crippen molar-refractivity contribution >= 4 is 17.5 Å². The maximum Gasteiger partial charge on any atom is 0.255 e. The summed E-state index contributed by atoms with van der Waals surface area (Å²) < 4.78 is 0. The van der Waals surface area contributed by atoms with Gasteiger partial charge in [0, 0.05) is 42.7 Å². The highest BCUT2D eigenvalue weighted by molar-refractivity contribution is 6.04. The highest BCUT2D eigenvalue weighted by Crippen LogP contribution is 2.09. The molecule has 3 N–H and O–H groups in total. The number of aromatic nitrogens is 1. The maximum atomic E-state index is 12.1. The number of nitrogens with one attached hydrogen (secondary N) is 3. The monoisotopic (exact) mass is 326 g/mol. The van der Waals surface area contributed by atoms with Crippen molar-refractivity contribution < 1.29 is 9.59 Å². The van der Waals surface area contributed by atoms with Crippen LogP contribution in [0.3, 0.4) is 0 Å². The van der Waals surface area contributed by atoms with Crippen molar-refractivity contribution in [3.05, 3.63) is 59.9 Å². The van der Waals surface area contributed by atoms with Crippen LogP contribution < -0.4 is 16.0 Å². The highest BCUT2D eigenvalue weighted by atomic mass is 16.2. The number of pyridine rings is 1. The Hall–Kier alpha value is -2.73. The summed E-state index contributed by atoms with van der Waals surface area (Å²) in [7, 11) is 1.82. The molecule has 1 aromatic heterocycles. The van der Waals surface area contributed by atoms with E-state index in [-0.39, 0.29) is 17.7 Å². The lowest BCUT2D eigenvalue weighted by Crippen LogP contribution is -2.33. The van der Waals surface area contributed by atoms with Gasteiger partial charge in [0.05, 0.1) is 0 Å². The van der Waals surface area contributed by atoms with Crippen LogP contribution in [0.2, 0.25) is 0 Å². The summed E-state index contributed by atoms with van der Waals surface area (Å²) in [4.78, 5) is 27.9. The Morgan fingerprint density at radius 3 is 2.38 bits per heavy atom. The van der Waals surface area contributed by atoms with Crippen LogP contribution in [-0.2, 0) is 11.3 Å². The van der Waals surface area contributed by atoms with E-state index in [1.54, 1.807) is 36.7 Å². The van der Waals surface area contributed by atoms with Gasteiger partial charge in [-0.25, -0.2) is 0 Å². The van der Waals surface area contributed by atoms with E-state index in [9.17, 15) is 9.59 Å². The summed E-state index contributed by atoms with van der Waals surface area (Å²) in [5.74, 6) is -0.260.